The van der Waals surface area contributed by atoms with Crippen molar-refractivity contribution in [1.82, 2.24) is 15.5 Å². The highest BCUT2D eigenvalue weighted by Crippen LogP contribution is 2.36. The van der Waals surface area contributed by atoms with E-state index >= 15 is 0 Å². The van der Waals surface area contributed by atoms with Gasteiger partial charge in [0.2, 0.25) is 5.91 Å². The van der Waals surface area contributed by atoms with Crippen molar-refractivity contribution in [3.05, 3.63) is 29.8 Å². The summed E-state index contributed by atoms with van der Waals surface area (Å²) < 4.78 is 0. The van der Waals surface area contributed by atoms with E-state index in [9.17, 15) is 14.4 Å². The number of carbonyl (C=O) groups is 3. The first-order valence-corrected chi connectivity index (χ1v) is 10.7. The van der Waals surface area contributed by atoms with Crippen molar-refractivity contribution in [3.63, 3.8) is 0 Å². The number of nitrogens with zero attached hydrogens (tertiary/aromatic N) is 1. The lowest BCUT2D eigenvalue weighted by Crippen LogP contribution is -2.44. The third kappa shape index (κ3) is 3.57. The Bertz CT molecular complexity index is 761. The van der Waals surface area contributed by atoms with Crippen LogP contribution in [0.5, 0.6) is 0 Å². The summed E-state index contributed by atoms with van der Waals surface area (Å²) >= 11 is 1.82. The predicted octanol–water partition coefficient (Wildman–Crippen LogP) is 2.98. The highest BCUT2D eigenvalue weighted by molar-refractivity contribution is 7.99. The van der Waals surface area contributed by atoms with Gasteiger partial charge < -0.3 is 10.6 Å². The maximum absolute atomic E-state index is 12.6. The molecule has 0 aromatic heterocycles. The maximum atomic E-state index is 12.6. The van der Waals surface area contributed by atoms with Gasteiger partial charge in [0, 0.05) is 23.6 Å². The van der Waals surface area contributed by atoms with Crippen molar-refractivity contribution >= 4 is 29.6 Å². The fraction of sp³-hybridized carbons (Fsp3) is 0.550. The van der Waals surface area contributed by atoms with Crippen LogP contribution < -0.4 is 10.6 Å². The summed E-state index contributed by atoms with van der Waals surface area (Å²) in [4.78, 5) is 39.7. The molecule has 1 aromatic carbocycles. The number of amides is 4. The monoisotopic (exact) mass is 387 g/mol. The fourth-order valence-corrected chi connectivity index (χ4v) is 5.48. The zero-order valence-electron chi connectivity index (χ0n) is 15.3. The minimum atomic E-state index is -0.664. The summed E-state index contributed by atoms with van der Waals surface area (Å²) in [5.41, 5.74) is 0.516. The first-order chi connectivity index (χ1) is 13.1. The zero-order valence-corrected chi connectivity index (χ0v) is 16.1. The number of benzene rings is 1. The summed E-state index contributed by atoms with van der Waals surface area (Å²) in [6.45, 7) is 0.303. The van der Waals surface area contributed by atoms with Crippen molar-refractivity contribution in [2.45, 2.75) is 61.4 Å². The molecule has 0 radical (unpaired) electrons. The molecule has 0 bridgehead atoms. The fourth-order valence-electron chi connectivity index (χ4n) is 4.35. The second kappa shape index (κ2) is 7.54. The lowest BCUT2D eigenvalue weighted by molar-refractivity contribution is -0.131. The van der Waals surface area contributed by atoms with Gasteiger partial charge in [0.15, 0.2) is 0 Å². The van der Waals surface area contributed by atoms with Gasteiger partial charge in [0.25, 0.3) is 5.91 Å². The number of imide groups is 1. The number of carbonyl (C=O) groups excluding carboxylic acids is 3. The van der Waals surface area contributed by atoms with Crippen molar-refractivity contribution < 1.29 is 14.4 Å². The van der Waals surface area contributed by atoms with E-state index in [0.29, 0.717) is 19.4 Å². The van der Waals surface area contributed by atoms with Crippen molar-refractivity contribution in [2.75, 3.05) is 12.3 Å². The Morgan fingerprint density at radius 2 is 2.04 bits per heavy atom. The van der Waals surface area contributed by atoms with Gasteiger partial charge >= 0.3 is 6.03 Å². The topological polar surface area (TPSA) is 78.5 Å². The van der Waals surface area contributed by atoms with E-state index in [1.807, 2.05) is 23.9 Å². The van der Waals surface area contributed by atoms with Crippen LogP contribution in [0.4, 0.5) is 4.79 Å². The highest BCUT2D eigenvalue weighted by atomic mass is 32.2. The molecule has 4 rings (SSSR count). The molecule has 7 heteroatoms. The number of hydrogen-bond donors (Lipinski definition) is 2. The summed E-state index contributed by atoms with van der Waals surface area (Å²) in [6, 6.07) is 7.93. The van der Waals surface area contributed by atoms with Gasteiger partial charge in [0.1, 0.15) is 5.54 Å². The molecular weight excluding hydrogens is 362 g/mol. The van der Waals surface area contributed by atoms with Crippen molar-refractivity contribution in [2.24, 2.45) is 0 Å². The van der Waals surface area contributed by atoms with Crippen LogP contribution in [0.1, 0.15) is 56.6 Å². The normalized spacial score (nSPS) is 23.4. The predicted molar refractivity (Wildman–Crippen MR) is 103 cm³/mol. The molecule has 1 atom stereocenters. The van der Waals surface area contributed by atoms with Gasteiger partial charge in [-0.2, -0.15) is 0 Å². The van der Waals surface area contributed by atoms with Crippen molar-refractivity contribution in [3.8, 4) is 0 Å². The number of rotatable bonds is 5. The van der Waals surface area contributed by atoms with Crippen LogP contribution in [0.3, 0.4) is 0 Å². The lowest BCUT2D eigenvalue weighted by Gasteiger charge is -2.26. The third-order valence-electron chi connectivity index (χ3n) is 5.78. The van der Waals surface area contributed by atoms with E-state index in [-0.39, 0.29) is 23.9 Å². The Kier molecular flexibility index (Phi) is 5.12. The van der Waals surface area contributed by atoms with E-state index in [1.165, 1.54) is 15.4 Å². The van der Waals surface area contributed by atoms with E-state index < -0.39 is 5.54 Å². The zero-order chi connectivity index (χ0) is 18.9. The van der Waals surface area contributed by atoms with E-state index in [1.54, 1.807) is 0 Å². The van der Waals surface area contributed by atoms with Gasteiger partial charge in [-0.3, -0.25) is 14.5 Å². The molecule has 3 aliphatic rings. The molecule has 4 amide bonds. The van der Waals surface area contributed by atoms with Gasteiger partial charge in [-0.1, -0.05) is 31.0 Å². The van der Waals surface area contributed by atoms with E-state index in [2.05, 4.69) is 22.8 Å². The average Bonchev–Trinajstić information content (AvgIpc) is 3.22. The number of thioether (sulfide) groups is 1. The Morgan fingerprint density at radius 1 is 1.26 bits per heavy atom. The van der Waals surface area contributed by atoms with Gasteiger partial charge in [0.05, 0.1) is 6.04 Å². The summed E-state index contributed by atoms with van der Waals surface area (Å²) in [6.07, 6.45) is 5.14. The molecule has 1 aromatic rings. The lowest BCUT2D eigenvalue weighted by atomic mass is 9.98. The molecule has 2 aliphatic heterocycles. The molecule has 2 N–H and O–H groups in total. The molecule has 2 fully saturated rings. The van der Waals surface area contributed by atoms with Gasteiger partial charge in [-0.25, -0.2) is 4.79 Å². The minimum absolute atomic E-state index is 0.0238. The first kappa shape index (κ1) is 18.3. The Labute approximate surface area is 163 Å². The van der Waals surface area contributed by atoms with Crippen LogP contribution in [0.25, 0.3) is 0 Å². The quantitative estimate of drug-likeness (QED) is 0.762. The Morgan fingerprint density at radius 3 is 2.85 bits per heavy atom. The molecule has 27 heavy (non-hydrogen) atoms. The number of urea groups is 1. The molecule has 2 heterocycles. The molecule has 6 nitrogen and oxygen atoms in total. The molecule has 144 valence electrons. The second-order valence-corrected chi connectivity index (χ2v) is 8.71. The van der Waals surface area contributed by atoms with Crippen molar-refractivity contribution in [1.29, 1.82) is 0 Å². The van der Waals surface area contributed by atoms with Crippen LogP contribution in [-0.4, -0.2) is 40.6 Å². The smallest absolute Gasteiger partial charge is 0.325 e. The molecular formula is C20H25N3O3S. The Hall–Kier alpha value is -2.02. The third-order valence-corrected chi connectivity index (χ3v) is 6.90. The summed E-state index contributed by atoms with van der Waals surface area (Å²) in [7, 11) is 0. The van der Waals surface area contributed by atoms with Crippen LogP contribution in [-0.2, 0) is 9.59 Å². The van der Waals surface area contributed by atoms with Crippen LogP contribution in [0, 0.1) is 0 Å². The van der Waals surface area contributed by atoms with Crippen LogP contribution in [0.2, 0.25) is 0 Å². The standard InChI is InChI=1S/C20H25N3O3S/c24-17(21-15-9-13-27-16-7-2-1-6-14(15)16)8-5-12-23-18(25)20(22-19(23)26)10-3-4-11-20/h1-2,6-7,15H,3-5,8-13H2,(H,21,24)(H,22,26)/t15-/m1/s1. The molecule has 1 saturated carbocycles. The molecule has 1 spiro atoms. The number of hydrogen-bond acceptors (Lipinski definition) is 4. The molecule has 1 aliphatic carbocycles. The largest absolute Gasteiger partial charge is 0.349 e. The van der Waals surface area contributed by atoms with Gasteiger partial charge in [-0.15, -0.1) is 11.8 Å². The van der Waals surface area contributed by atoms with E-state index in [0.717, 1.165) is 37.9 Å². The van der Waals surface area contributed by atoms with E-state index in [4.69, 9.17) is 0 Å². The minimum Gasteiger partial charge on any atom is -0.349 e. The average molecular weight is 388 g/mol. The highest BCUT2D eigenvalue weighted by Gasteiger charge is 2.52. The van der Waals surface area contributed by atoms with Crippen LogP contribution in [0.15, 0.2) is 29.2 Å². The molecule has 1 saturated heterocycles. The SMILES string of the molecule is O=C(CCCN1C(=O)NC2(CCCC2)C1=O)N[C@@H]1CCSc2ccccc21. The van der Waals surface area contributed by atoms with Crippen LogP contribution >= 0.6 is 11.8 Å². The number of nitrogens with one attached hydrogen (secondary N) is 2. The molecule has 0 unspecified atom stereocenters. The maximum Gasteiger partial charge on any atom is 0.325 e. The first-order valence-electron chi connectivity index (χ1n) is 9.74. The summed E-state index contributed by atoms with van der Waals surface area (Å²) in [5, 5.41) is 5.99. The number of fused-ring (bicyclic) bond motifs is 1. The Balaban J connectivity index is 1.28. The summed E-state index contributed by atoms with van der Waals surface area (Å²) in [5.74, 6) is 0.861. The van der Waals surface area contributed by atoms with Gasteiger partial charge in [-0.05, 0) is 37.3 Å². The second-order valence-electron chi connectivity index (χ2n) is 7.57.